The second-order valence-corrected chi connectivity index (χ2v) is 9.52. The number of benzene rings is 1. The van der Waals surface area contributed by atoms with Gasteiger partial charge in [0.25, 0.3) is 5.91 Å². The van der Waals surface area contributed by atoms with E-state index in [1.165, 1.54) is 7.11 Å². The van der Waals surface area contributed by atoms with Crippen LogP contribution in [0.3, 0.4) is 0 Å². The number of methoxy groups -OCH3 is 1. The highest BCUT2D eigenvalue weighted by Crippen LogP contribution is 2.40. The van der Waals surface area contributed by atoms with Gasteiger partial charge in [-0.15, -0.1) is 0 Å². The number of aromatic nitrogens is 3. The maximum Gasteiger partial charge on any atom is 0.327 e. The highest BCUT2D eigenvalue weighted by molar-refractivity contribution is 6.30. The quantitative estimate of drug-likeness (QED) is 0.519. The number of amides is 1. The number of ether oxygens (including phenoxy) is 1. The maximum absolute atomic E-state index is 13.7. The summed E-state index contributed by atoms with van der Waals surface area (Å²) in [6.07, 6.45) is 2.22. The lowest BCUT2D eigenvalue weighted by atomic mass is 10.0. The molecule has 1 aliphatic carbocycles. The fraction of sp³-hybridized carbons (Fsp3) is 0.440. The van der Waals surface area contributed by atoms with E-state index < -0.39 is 6.04 Å². The summed E-state index contributed by atoms with van der Waals surface area (Å²) in [5.74, 6) is 0.104. The molecule has 2 aromatic heterocycles. The summed E-state index contributed by atoms with van der Waals surface area (Å²) >= 11 is 6.03. The van der Waals surface area contributed by atoms with Gasteiger partial charge < -0.3 is 9.64 Å². The van der Waals surface area contributed by atoms with Gasteiger partial charge in [0.05, 0.1) is 23.8 Å². The lowest BCUT2D eigenvalue weighted by Gasteiger charge is -2.38. The van der Waals surface area contributed by atoms with Gasteiger partial charge in [0, 0.05) is 49.9 Å². The summed E-state index contributed by atoms with van der Waals surface area (Å²) in [7, 11) is 3.27. The molecule has 8 nitrogen and oxygen atoms in total. The maximum atomic E-state index is 13.7. The van der Waals surface area contributed by atoms with Crippen LogP contribution in [0.1, 0.15) is 52.1 Å². The van der Waals surface area contributed by atoms with Crippen molar-refractivity contribution in [1.82, 2.24) is 24.6 Å². The van der Waals surface area contributed by atoms with Crippen LogP contribution in [0, 0.1) is 6.92 Å². The minimum absolute atomic E-state index is 0.00818. The van der Waals surface area contributed by atoms with E-state index in [1.807, 2.05) is 37.1 Å². The molecule has 1 atom stereocenters. The van der Waals surface area contributed by atoms with Crippen molar-refractivity contribution in [3.05, 3.63) is 57.9 Å². The molecule has 0 spiro atoms. The number of nitrogens with zero attached hydrogens (tertiary/aromatic N) is 5. The van der Waals surface area contributed by atoms with Crippen molar-refractivity contribution in [2.24, 2.45) is 7.05 Å². The van der Waals surface area contributed by atoms with E-state index in [1.54, 1.807) is 16.8 Å². The number of carbonyl (C=O) groups is 2. The van der Waals surface area contributed by atoms with Crippen molar-refractivity contribution < 1.29 is 14.3 Å². The summed E-state index contributed by atoms with van der Waals surface area (Å²) < 4.78 is 6.85. The number of pyridine rings is 1. The lowest BCUT2D eigenvalue weighted by molar-refractivity contribution is -0.148. The molecule has 3 aromatic rings. The highest BCUT2D eigenvalue weighted by Gasteiger charge is 2.34. The minimum atomic E-state index is -0.533. The summed E-state index contributed by atoms with van der Waals surface area (Å²) in [4.78, 5) is 35.1. The number of halogens is 1. The van der Waals surface area contributed by atoms with Gasteiger partial charge in [-0.2, -0.15) is 5.10 Å². The highest BCUT2D eigenvalue weighted by atomic mass is 35.5. The van der Waals surface area contributed by atoms with Gasteiger partial charge in [0.15, 0.2) is 5.65 Å². The van der Waals surface area contributed by atoms with E-state index in [0.717, 1.165) is 40.8 Å². The Morgan fingerprint density at radius 1 is 1.12 bits per heavy atom. The van der Waals surface area contributed by atoms with Gasteiger partial charge in [0.1, 0.15) is 6.04 Å². The molecule has 0 bridgehead atoms. The Morgan fingerprint density at radius 3 is 2.41 bits per heavy atom. The average molecular weight is 482 g/mol. The molecule has 1 aromatic carbocycles. The Kier molecular flexibility index (Phi) is 6.04. The molecule has 3 heterocycles. The number of rotatable bonds is 5. The van der Waals surface area contributed by atoms with Crippen molar-refractivity contribution >= 4 is 34.5 Å². The van der Waals surface area contributed by atoms with Crippen molar-refractivity contribution in [3.63, 3.8) is 0 Å². The van der Waals surface area contributed by atoms with Gasteiger partial charge in [-0.25, -0.2) is 9.78 Å². The molecular formula is C25H28ClN5O3. The van der Waals surface area contributed by atoms with Crippen LogP contribution in [0.4, 0.5) is 0 Å². The van der Waals surface area contributed by atoms with E-state index in [2.05, 4.69) is 10.00 Å². The molecular weight excluding hydrogens is 454 g/mol. The first kappa shape index (κ1) is 22.8. The smallest absolute Gasteiger partial charge is 0.327 e. The zero-order valence-corrected chi connectivity index (χ0v) is 20.4. The third kappa shape index (κ3) is 4.16. The first-order chi connectivity index (χ1) is 16.4. The van der Waals surface area contributed by atoms with Gasteiger partial charge in [0.2, 0.25) is 0 Å². The average Bonchev–Trinajstić information content (AvgIpc) is 3.66. The van der Waals surface area contributed by atoms with E-state index in [9.17, 15) is 9.59 Å². The van der Waals surface area contributed by atoms with Crippen LogP contribution in [0.5, 0.6) is 0 Å². The monoisotopic (exact) mass is 481 g/mol. The molecule has 5 rings (SSSR count). The molecule has 1 saturated carbocycles. The Labute approximate surface area is 203 Å². The van der Waals surface area contributed by atoms with Crippen LogP contribution in [0.25, 0.3) is 11.0 Å². The van der Waals surface area contributed by atoms with Gasteiger partial charge in [-0.05, 0) is 43.5 Å². The predicted molar refractivity (Wildman–Crippen MR) is 129 cm³/mol. The summed E-state index contributed by atoms with van der Waals surface area (Å²) in [5.41, 5.74) is 4.05. The predicted octanol–water partition coefficient (Wildman–Crippen LogP) is 3.48. The van der Waals surface area contributed by atoms with Crippen LogP contribution >= 0.6 is 11.6 Å². The fourth-order valence-corrected chi connectivity index (χ4v) is 4.95. The number of aryl methyl sites for hydroxylation is 2. The number of carbonyl (C=O) groups excluding carboxylic acids is 2. The standard InChI is InChI=1S/C25H28ClN5O3/c1-15-21-19(14-20(16-4-5-16)27-23(21)29(2)28-15)24(32)31-12-10-30(11-13-31)22(25(33)34-3)17-6-8-18(26)9-7-17/h6-9,14,16,22H,4-5,10-13H2,1-3H3. The second kappa shape index (κ2) is 9.00. The molecule has 1 amide bonds. The van der Waals surface area contributed by atoms with Crippen LogP contribution in [-0.2, 0) is 16.6 Å². The van der Waals surface area contributed by atoms with Crippen molar-refractivity contribution in [2.45, 2.75) is 31.7 Å². The zero-order valence-electron chi connectivity index (χ0n) is 19.6. The van der Waals surface area contributed by atoms with Gasteiger partial charge in [-0.1, -0.05) is 23.7 Å². The van der Waals surface area contributed by atoms with Gasteiger partial charge >= 0.3 is 5.97 Å². The molecule has 0 N–H and O–H groups in total. The molecule has 2 aliphatic rings. The molecule has 34 heavy (non-hydrogen) atoms. The van der Waals surface area contributed by atoms with Crippen LogP contribution in [0.15, 0.2) is 30.3 Å². The first-order valence-corrected chi connectivity index (χ1v) is 12.0. The number of fused-ring (bicyclic) bond motifs is 1. The molecule has 0 radical (unpaired) electrons. The minimum Gasteiger partial charge on any atom is -0.468 e. The third-order valence-electron chi connectivity index (χ3n) is 6.79. The topological polar surface area (TPSA) is 80.6 Å². The Balaban J connectivity index is 1.38. The van der Waals surface area contributed by atoms with Crippen molar-refractivity contribution in [1.29, 1.82) is 0 Å². The molecule has 9 heteroatoms. The SMILES string of the molecule is COC(=O)C(c1ccc(Cl)cc1)N1CCN(C(=O)c2cc(C3CC3)nc3c2c(C)nn3C)CC1. The largest absolute Gasteiger partial charge is 0.468 e. The number of hydrogen-bond donors (Lipinski definition) is 0. The first-order valence-electron chi connectivity index (χ1n) is 11.6. The number of piperazine rings is 1. The molecule has 1 aliphatic heterocycles. The van der Waals surface area contributed by atoms with Crippen molar-refractivity contribution in [3.8, 4) is 0 Å². The van der Waals surface area contributed by atoms with E-state index in [-0.39, 0.29) is 11.9 Å². The Hall–Kier alpha value is -2.97. The fourth-order valence-electron chi connectivity index (χ4n) is 4.83. The van der Waals surface area contributed by atoms with E-state index in [4.69, 9.17) is 21.3 Å². The van der Waals surface area contributed by atoms with E-state index in [0.29, 0.717) is 42.7 Å². The molecule has 178 valence electrons. The molecule has 2 fully saturated rings. The molecule has 1 unspecified atom stereocenters. The van der Waals surface area contributed by atoms with Crippen LogP contribution < -0.4 is 0 Å². The number of hydrogen-bond acceptors (Lipinski definition) is 6. The van der Waals surface area contributed by atoms with Crippen LogP contribution in [-0.4, -0.2) is 69.7 Å². The van der Waals surface area contributed by atoms with E-state index >= 15 is 0 Å². The summed E-state index contributed by atoms with van der Waals surface area (Å²) in [6.45, 7) is 4.07. The summed E-state index contributed by atoms with van der Waals surface area (Å²) in [6, 6.07) is 8.67. The zero-order chi connectivity index (χ0) is 24.0. The Bertz CT molecular complexity index is 1240. The number of esters is 1. The van der Waals surface area contributed by atoms with Crippen molar-refractivity contribution in [2.75, 3.05) is 33.3 Å². The second-order valence-electron chi connectivity index (χ2n) is 9.08. The molecule has 1 saturated heterocycles. The van der Waals surface area contributed by atoms with Crippen LogP contribution in [0.2, 0.25) is 5.02 Å². The normalized spacial score (nSPS) is 17.7. The lowest BCUT2D eigenvalue weighted by Crippen LogP contribution is -2.51. The summed E-state index contributed by atoms with van der Waals surface area (Å²) in [5, 5.41) is 5.96. The Morgan fingerprint density at radius 2 is 1.79 bits per heavy atom. The third-order valence-corrected chi connectivity index (χ3v) is 7.04. The van der Waals surface area contributed by atoms with Gasteiger partial charge in [-0.3, -0.25) is 14.4 Å².